The van der Waals surface area contributed by atoms with Gasteiger partial charge in [-0.1, -0.05) is 36.4 Å². The number of para-hydroxylation sites is 1. The number of ether oxygens (including phenoxy) is 1. The molecule has 2 N–H and O–H groups in total. The number of nitrogens with one attached hydrogen (secondary N) is 2. The number of rotatable bonds is 6. The maximum Gasteiger partial charge on any atom is 0.256 e. The molecule has 9 heteroatoms. The minimum absolute atomic E-state index is 0.128. The molecule has 8 nitrogen and oxygen atoms in total. The van der Waals surface area contributed by atoms with E-state index in [0.29, 0.717) is 41.4 Å². The van der Waals surface area contributed by atoms with E-state index in [9.17, 15) is 13.2 Å². The number of nitrogens with zero attached hydrogens (tertiary/aromatic N) is 2. The fourth-order valence-electron chi connectivity index (χ4n) is 3.80. The van der Waals surface area contributed by atoms with E-state index in [1.807, 2.05) is 30.3 Å². The van der Waals surface area contributed by atoms with Gasteiger partial charge in [-0.3, -0.25) is 9.89 Å². The number of aromatic nitrogens is 2. The number of anilines is 1. The zero-order chi connectivity index (χ0) is 23.5. The van der Waals surface area contributed by atoms with Crippen LogP contribution in [0.1, 0.15) is 21.6 Å². The van der Waals surface area contributed by atoms with Crippen LogP contribution in [0.2, 0.25) is 0 Å². The summed E-state index contributed by atoms with van der Waals surface area (Å²) < 4.78 is 33.2. The SMILES string of the molecule is O=C(Nc1[nH]nc2c1CN(S(=O)(=O)c1ccccc1)CC2)c1ccc(Oc2ccccc2)cc1. The number of benzene rings is 3. The van der Waals surface area contributed by atoms with Crippen LogP contribution in [-0.2, 0) is 23.0 Å². The van der Waals surface area contributed by atoms with Crippen molar-refractivity contribution in [3.63, 3.8) is 0 Å². The minimum Gasteiger partial charge on any atom is -0.457 e. The molecule has 0 radical (unpaired) electrons. The van der Waals surface area contributed by atoms with Gasteiger partial charge >= 0.3 is 0 Å². The second kappa shape index (κ2) is 9.12. The first-order valence-corrected chi connectivity index (χ1v) is 12.2. The molecule has 0 unspecified atom stereocenters. The van der Waals surface area contributed by atoms with Gasteiger partial charge in [0.2, 0.25) is 10.0 Å². The van der Waals surface area contributed by atoms with Crippen molar-refractivity contribution < 1.29 is 17.9 Å². The summed E-state index contributed by atoms with van der Waals surface area (Å²) in [5.74, 6) is 1.39. The average Bonchev–Trinajstić information content (AvgIpc) is 3.27. The Hall–Kier alpha value is -3.95. The van der Waals surface area contributed by atoms with Crippen molar-refractivity contribution in [2.75, 3.05) is 11.9 Å². The third-order valence-electron chi connectivity index (χ3n) is 5.60. The van der Waals surface area contributed by atoms with Gasteiger partial charge in [-0.25, -0.2) is 8.42 Å². The average molecular weight is 475 g/mol. The van der Waals surface area contributed by atoms with Gasteiger partial charge in [0.1, 0.15) is 17.3 Å². The molecule has 0 fully saturated rings. The highest BCUT2D eigenvalue weighted by atomic mass is 32.2. The van der Waals surface area contributed by atoms with Gasteiger partial charge in [0.05, 0.1) is 10.6 Å². The van der Waals surface area contributed by atoms with Crippen LogP contribution in [0, 0.1) is 0 Å². The van der Waals surface area contributed by atoms with Crippen LogP contribution in [0.3, 0.4) is 0 Å². The molecule has 0 spiro atoms. The van der Waals surface area contributed by atoms with Crippen molar-refractivity contribution in [2.45, 2.75) is 17.9 Å². The highest BCUT2D eigenvalue weighted by molar-refractivity contribution is 7.89. The summed E-state index contributed by atoms with van der Waals surface area (Å²) >= 11 is 0. The molecule has 4 aromatic rings. The number of fused-ring (bicyclic) bond motifs is 1. The van der Waals surface area contributed by atoms with Crippen molar-refractivity contribution in [1.29, 1.82) is 0 Å². The van der Waals surface area contributed by atoms with Crippen molar-refractivity contribution in [2.24, 2.45) is 0 Å². The number of aromatic amines is 1. The maximum atomic E-state index is 13.0. The highest BCUT2D eigenvalue weighted by Gasteiger charge is 2.31. The molecule has 1 aliphatic heterocycles. The number of H-pyrrole nitrogens is 1. The van der Waals surface area contributed by atoms with Gasteiger partial charge in [0, 0.05) is 30.6 Å². The predicted octanol–water partition coefficient (Wildman–Crippen LogP) is 4.20. The Kier molecular flexibility index (Phi) is 5.87. The van der Waals surface area contributed by atoms with Crippen LogP contribution in [0.5, 0.6) is 11.5 Å². The Morgan fingerprint density at radius 3 is 2.26 bits per heavy atom. The molecule has 1 amide bonds. The van der Waals surface area contributed by atoms with E-state index in [-0.39, 0.29) is 17.3 Å². The smallest absolute Gasteiger partial charge is 0.256 e. The summed E-state index contributed by atoms with van der Waals surface area (Å²) in [5.41, 5.74) is 1.86. The first-order chi connectivity index (χ1) is 16.5. The summed E-state index contributed by atoms with van der Waals surface area (Å²) in [6.45, 7) is 0.452. The first-order valence-electron chi connectivity index (χ1n) is 10.8. The van der Waals surface area contributed by atoms with Crippen molar-refractivity contribution in [3.05, 3.63) is 102 Å². The molecule has 0 saturated carbocycles. The van der Waals surface area contributed by atoms with Crippen molar-refractivity contribution >= 4 is 21.7 Å². The molecule has 0 bridgehead atoms. The molecular formula is C25H22N4O4S. The van der Waals surface area contributed by atoms with Crippen molar-refractivity contribution in [1.82, 2.24) is 14.5 Å². The molecular weight excluding hydrogens is 452 g/mol. The van der Waals surface area contributed by atoms with Gasteiger partial charge in [-0.2, -0.15) is 9.40 Å². The number of amides is 1. The first kappa shape index (κ1) is 21.9. The van der Waals surface area contributed by atoms with E-state index in [1.165, 1.54) is 4.31 Å². The molecule has 0 atom stereocenters. The van der Waals surface area contributed by atoms with E-state index < -0.39 is 10.0 Å². The second-order valence-electron chi connectivity index (χ2n) is 7.82. The zero-order valence-electron chi connectivity index (χ0n) is 18.1. The molecule has 0 saturated heterocycles. The monoisotopic (exact) mass is 474 g/mol. The lowest BCUT2D eigenvalue weighted by molar-refractivity contribution is 0.102. The molecule has 3 aromatic carbocycles. The van der Waals surface area contributed by atoms with Gasteiger partial charge in [-0.15, -0.1) is 0 Å². The summed E-state index contributed by atoms with van der Waals surface area (Å²) in [4.78, 5) is 13.1. The van der Waals surface area contributed by atoms with E-state index in [1.54, 1.807) is 54.6 Å². The fraction of sp³-hybridized carbons (Fsp3) is 0.120. The molecule has 1 aromatic heterocycles. The summed E-state index contributed by atoms with van der Waals surface area (Å²) in [5, 5.41) is 9.95. The number of carbonyl (C=O) groups is 1. The summed E-state index contributed by atoms with van der Waals surface area (Å²) in [7, 11) is -3.65. The van der Waals surface area contributed by atoms with Gasteiger partial charge in [-0.05, 0) is 48.5 Å². The number of hydrogen-bond acceptors (Lipinski definition) is 5. The lowest BCUT2D eigenvalue weighted by Crippen LogP contribution is -2.36. The topological polar surface area (TPSA) is 104 Å². The lowest BCUT2D eigenvalue weighted by atomic mass is 10.1. The van der Waals surface area contributed by atoms with E-state index >= 15 is 0 Å². The Morgan fingerprint density at radius 2 is 1.56 bits per heavy atom. The van der Waals surface area contributed by atoms with Gasteiger partial charge < -0.3 is 10.1 Å². The van der Waals surface area contributed by atoms with E-state index in [0.717, 1.165) is 5.69 Å². The van der Waals surface area contributed by atoms with Crippen LogP contribution in [-0.4, -0.2) is 35.4 Å². The van der Waals surface area contributed by atoms with Crippen LogP contribution in [0.25, 0.3) is 0 Å². The summed E-state index contributed by atoms with van der Waals surface area (Å²) in [6.07, 6.45) is 0.458. The molecule has 172 valence electrons. The predicted molar refractivity (Wildman–Crippen MR) is 127 cm³/mol. The van der Waals surface area contributed by atoms with Crippen LogP contribution in [0.15, 0.2) is 89.8 Å². The van der Waals surface area contributed by atoms with Crippen LogP contribution in [0.4, 0.5) is 5.82 Å². The van der Waals surface area contributed by atoms with Crippen molar-refractivity contribution in [3.8, 4) is 11.5 Å². The number of carbonyl (C=O) groups excluding carboxylic acids is 1. The normalized spacial score (nSPS) is 13.8. The number of sulfonamides is 1. The fourth-order valence-corrected chi connectivity index (χ4v) is 5.23. The maximum absolute atomic E-state index is 13.0. The van der Waals surface area contributed by atoms with Gasteiger partial charge in [0.25, 0.3) is 5.91 Å². The Labute approximate surface area is 197 Å². The van der Waals surface area contributed by atoms with Crippen LogP contribution < -0.4 is 10.1 Å². The second-order valence-corrected chi connectivity index (χ2v) is 9.76. The van der Waals surface area contributed by atoms with Gasteiger partial charge in [0.15, 0.2) is 0 Å². The van der Waals surface area contributed by atoms with E-state index in [4.69, 9.17) is 4.74 Å². The largest absolute Gasteiger partial charge is 0.457 e. The quantitative estimate of drug-likeness (QED) is 0.436. The standard InChI is InChI=1S/C25H22N4O4S/c30-25(18-11-13-20(14-12-18)33-19-7-3-1-4-8-19)26-24-22-17-29(16-15-23(22)27-28-24)34(31,32)21-9-5-2-6-10-21/h1-14H,15-17H2,(H2,26,27,28,30). The third kappa shape index (κ3) is 4.43. The molecule has 2 heterocycles. The molecule has 1 aliphatic rings. The summed E-state index contributed by atoms with van der Waals surface area (Å²) in [6, 6.07) is 24.5. The third-order valence-corrected chi connectivity index (χ3v) is 7.46. The highest BCUT2D eigenvalue weighted by Crippen LogP contribution is 2.28. The molecule has 5 rings (SSSR count). The zero-order valence-corrected chi connectivity index (χ0v) is 19.0. The Bertz CT molecular complexity index is 1400. The Balaban J connectivity index is 1.29. The molecule has 0 aliphatic carbocycles. The number of hydrogen-bond donors (Lipinski definition) is 2. The lowest BCUT2D eigenvalue weighted by Gasteiger charge is -2.26. The van der Waals surface area contributed by atoms with Crippen LogP contribution >= 0.6 is 0 Å². The minimum atomic E-state index is -3.65. The Morgan fingerprint density at radius 1 is 0.912 bits per heavy atom. The molecule has 34 heavy (non-hydrogen) atoms. The van der Waals surface area contributed by atoms with E-state index in [2.05, 4.69) is 15.5 Å².